The van der Waals surface area contributed by atoms with E-state index in [1.165, 1.54) is 0 Å². The third kappa shape index (κ3) is 2.61. The van der Waals surface area contributed by atoms with E-state index in [-0.39, 0.29) is 24.0 Å². The molecule has 0 bridgehead atoms. The van der Waals surface area contributed by atoms with Crippen molar-refractivity contribution in [1.82, 2.24) is 20.7 Å². The summed E-state index contributed by atoms with van der Waals surface area (Å²) in [5, 5.41) is 9.67. The Labute approximate surface area is 116 Å². The number of nitrogens with one attached hydrogen (secondary N) is 2. The van der Waals surface area contributed by atoms with E-state index in [0.717, 1.165) is 18.5 Å². The first-order valence-electron chi connectivity index (χ1n) is 6.83. The van der Waals surface area contributed by atoms with Crippen LogP contribution in [-0.4, -0.2) is 47.7 Å². The molecule has 2 heterocycles. The van der Waals surface area contributed by atoms with E-state index in [2.05, 4.69) is 15.8 Å². The molecular weight excluding hydrogens is 260 g/mol. The van der Waals surface area contributed by atoms with Gasteiger partial charge in [0, 0.05) is 38.0 Å². The number of rotatable bonds is 3. The lowest BCUT2D eigenvalue weighted by molar-refractivity contribution is -0.126. The number of hydrogen-bond acceptors (Lipinski definition) is 4. The van der Waals surface area contributed by atoms with Crippen molar-refractivity contribution in [2.45, 2.75) is 37.3 Å². The summed E-state index contributed by atoms with van der Waals surface area (Å²) in [5.74, 6) is 0.447. The van der Waals surface area contributed by atoms with Crippen LogP contribution in [0.4, 0.5) is 4.79 Å². The molecule has 2 N–H and O–H groups in total. The highest BCUT2D eigenvalue weighted by atomic mass is 16.5. The van der Waals surface area contributed by atoms with Crippen molar-refractivity contribution in [2.24, 2.45) is 0 Å². The molecule has 1 atom stereocenters. The predicted molar refractivity (Wildman–Crippen MR) is 70.0 cm³/mol. The Kier molecular flexibility index (Phi) is 3.33. The molecule has 3 rings (SSSR count). The van der Waals surface area contributed by atoms with Crippen LogP contribution in [0.15, 0.2) is 16.9 Å². The fraction of sp³-hybridized carbons (Fsp3) is 0.615. The van der Waals surface area contributed by atoms with Crippen molar-refractivity contribution in [3.63, 3.8) is 0 Å². The molecule has 20 heavy (non-hydrogen) atoms. The first-order valence-corrected chi connectivity index (χ1v) is 6.83. The van der Waals surface area contributed by atoms with Crippen LogP contribution in [0.1, 0.15) is 30.9 Å². The van der Waals surface area contributed by atoms with E-state index in [1.807, 2.05) is 6.07 Å². The van der Waals surface area contributed by atoms with Crippen LogP contribution in [0.5, 0.6) is 0 Å². The van der Waals surface area contributed by atoms with Crippen molar-refractivity contribution in [3.8, 4) is 0 Å². The quantitative estimate of drug-likeness (QED) is 0.840. The minimum Gasteiger partial charge on any atom is -0.365 e. The standard InChI is InChI=1S/C13H18N4O3/c1-17-7-10(6-12(17)18)15-13(19)14-9-4-8(5-9)11-2-3-20-16-11/h2-3,8-10H,4-7H2,1H3,(H2,14,15,19)/t8?,9?,10-/m0/s1. The van der Waals surface area contributed by atoms with Gasteiger partial charge in [-0.2, -0.15) is 0 Å². The Morgan fingerprint density at radius 3 is 2.75 bits per heavy atom. The van der Waals surface area contributed by atoms with Crippen LogP contribution < -0.4 is 10.6 Å². The second-order valence-corrected chi connectivity index (χ2v) is 5.58. The normalized spacial score (nSPS) is 29.1. The fourth-order valence-corrected chi connectivity index (χ4v) is 2.78. The highest BCUT2D eigenvalue weighted by molar-refractivity contribution is 5.81. The van der Waals surface area contributed by atoms with E-state index in [9.17, 15) is 9.59 Å². The van der Waals surface area contributed by atoms with Gasteiger partial charge < -0.3 is 20.1 Å². The largest absolute Gasteiger partial charge is 0.365 e. The van der Waals surface area contributed by atoms with Crippen LogP contribution >= 0.6 is 0 Å². The minimum atomic E-state index is -0.193. The smallest absolute Gasteiger partial charge is 0.315 e. The summed E-state index contributed by atoms with van der Waals surface area (Å²) in [4.78, 5) is 24.8. The van der Waals surface area contributed by atoms with Gasteiger partial charge in [0.15, 0.2) is 0 Å². The first-order chi connectivity index (χ1) is 9.61. The van der Waals surface area contributed by atoms with Gasteiger partial charge in [-0.1, -0.05) is 5.16 Å². The Bertz CT molecular complexity index is 496. The average Bonchev–Trinajstić information content (AvgIpc) is 2.95. The van der Waals surface area contributed by atoms with Crippen molar-refractivity contribution >= 4 is 11.9 Å². The Hall–Kier alpha value is -2.05. The van der Waals surface area contributed by atoms with Crippen LogP contribution in [0.2, 0.25) is 0 Å². The summed E-state index contributed by atoms with van der Waals surface area (Å²) in [7, 11) is 1.75. The summed E-state index contributed by atoms with van der Waals surface area (Å²) < 4.78 is 4.81. The van der Waals surface area contributed by atoms with Gasteiger partial charge in [0.25, 0.3) is 0 Å². The molecule has 1 aromatic rings. The summed E-state index contributed by atoms with van der Waals surface area (Å²) in [6.45, 7) is 0.582. The number of hydrogen-bond donors (Lipinski definition) is 2. The molecule has 0 spiro atoms. The summed E-state index contributed by atoms with van der Waals surface area (Å²) in [6, 6.07) is 1.76. The van der Waals surface area contributed by atoms with Crippen molar-refractivity contribution in [3.05, 3.63) is 18.0 Å². The van der Waals surface area contributed by atoms with Crippen molar-refractivity contribution in [1.29, 1.82) is 0 Å². The van der Waals surface area contributed by atoms with Gasteiger partial charge >= 0.3 is 6.03 Å². The van der Waals surface area contributed by atoms with Crippen LogP contribution in [0.3, 0.4) is 0 Å². The van der Waals surface area contributed by atoms with E-state index in [1.54, 1.807) is 18.2 Å². The first kappa shape index (κ1) is 13.0. The molecule has 2 fully saturated rings. The maximum Gasteiger partial charge on any atom is 0.315 e. The topological polar surface area (TPSA) is 87.5 Å². The molecule has 0 unspecified atom stereocenters. The lowest BCUT2D eigenvalue weighted by Gasteiger charge is -2.34. The zero-order chi connectivity index (χ0) is 14.1. The average molecular weight is 278 g/mol. The highest BCUT2D eigenvalue weighted by Gasteiger charge is 2.34. The Morgan fingerprint density at radius 2 is 2.15 bits per heavy atom. The lowest BCUT2D eigenvalue weighted by atomic mass is 9.78. The summed E-state index contributed by atoms with van der Waals surface area (Å²) in [5.41, 5.74) is 0.950. The number of carbonyl (C=O) groups is 2. The molecule has 3 amide bonds. The molecule has 1 aliphatic carbocycles. The highest BCUT2D eigenvalue weighted by Crippen LogP contribution is 2.35. The van der Waals surface area contributed by atoms with Crippen LogP contribution in [-0.2, 0) is 4.79 Å². The maximum atomic E-state index is 11.8. The van der Waals surface area contributed by atoms with E-state index < -0.39 is 0 Å². The third-order valence-corrected chi connectivity index (χ3v) is 4.03. The lowest BCUT2D eigenvalue weighted by Crippen LogP contribution is -2.50. The molecule has 2 aliphatic rings. The SMILES string of the molecule is CN1C[C@@H](NC(=O)NC2CC(c3ccon3)C2)CC1=O. The Morgan fingerprint density at radius 1 is 1.40 bits per heavy atom. The second kappa shape index (κ2) is 5.15. The van der Waals surface area contributed by atoms with Gasteiger partial charge in [-0.15, -0.1) is 0 Å². The monoisotopic (exact) mass is 278 g/mol. The fourth-order valence-electron chi connectivity index (χ4n) is 2.78. The number of aromatic nitrogens is 1. The molecule has 1 saturated carbocycles. The zero-order valence-electron chi connectivity index (χ0n) is 11.3. The molecule has 0 aromatic carbocycles. The zero-order valence-corrected chi connectivity index (χ0v) is 11.3. The second-order valence-electron chi connectivity index (χ2n) is 5.58. The van der Waals surface area contributed by atoms with E-state index in [4.69, 9.17) is 4.52 Å². The van der Waals surface area contributed by atoms with Gasteiger partial charge in [0.2, 0.25) is 5.91 Å². The molecule has 7 nitrogen and oxygen atoms in total. The Balaban J connectivity index is 1.39. The molecule has 1 aromatic heterocycles. The predicted octanol–water partition coefficient (Wildman–Crippen LogP) is 0.450. The molecule has 1 saturated heterocycles. The van der Waals surface area contributed by atoms with Gasteiger partial charge in [-0.3, -0.25) is 4.79 Å². The number of urea groups is 1. The van der Waals surface area contributed by atoms with Crippen LogP contribution in [0.25, 0.3) is 0 Å². The van der Waals surface area contributed by atoms with Crippen molar-refractivity contribution in [2.75, 3.05) is 13.6 Å². The maximum absolute atomic E-state index is 11.8. The van der Waals surface area contributed by atoms with Gasteiger partial charge in [-0.05, 0) is 12.8 Å². The summed E-state index contributed by atoms with van der Waals surface area (Å²) >= 11 is 0. The van der Waals surface area contributed by atoms with Crippen LogP contribution in [0, 0.1) is 0 Å². The van der Waals surface area contributed by atoms with Gasteiger partial charge in [-0.25, -0.2) is 4.79 Å². The van der Waals surface area contributed by atoms with E-state index in [0.29, 0.717) is 18.9 Å². The van der Waals surface area contributed by atoms with Crippen molar-refractivity contribution < 1.29 is 14.1 Å². The molecular formula is C13H18N4O3. The van der Waals surface area contributed by atoms with Gasteiger partial charge in [0.05, 0.1) is 11.7 Å². The number of likely N-dealkylation sites (tertiary alicyclic amines) is 1. The van der Waals surface area contributed by atoms with Gasteiger partial charge in [0.1, 0.15) is 6.26 Å². The molecule has 7 heteroatoms. The summed E-state index contributed by atoms with van der Waals surface area (Å²) in [6.07, 6.45) is 3.71. The third-order valence-electron chi connectivity index (χ3n) is 4.03. The molecule has 1 aliphatic heterocycles. The van der Waals surface area contributed by atoms with E-state index >= 15 is 0 Å². The minimum absolute atomic E-state index is 0.0741. The molecule has 108 valence electrons. The number of likely N-dealkylation sites (N-methyl/N-ethyl adjacent to an activating group) is 1. The number of carbonyl (C=O) groups excluding carboxylic acids is 2. The number of nitrogens with zero attached hydrogens (tertiary/aromatic N) is 2. The number of amides is 3. The molecule has 0 radical (unpaired) electrons.